The molecule has 1 fully saturated rings. The fraction of sp³-hybridized carbons (Fsp3) is 0.316. The number of carbonyl (C=O) groups excluding carboxylic acids is 1. The molecule has 0 unspecified atom stereocenters. The summed E-state index contributed by atoms with van der Waals surface area (Å²) in [4.78, 5) is 15.0. The Balaban J connectivity index is 1.29. The van der Waals surface area contributed by atoms with Crippen LogP contribution in [0.25, 0.3) is 5.13 Å². The maximum Gasteiger partial charge on any atom is 0.268 e. The highest BCUT2D eigenvalue weighted by Crippen LogP contribution is 2.32. The van der Waals surface area contributed by atoms with Crippen LogP contribution in [0.2, 0.25) is 0 Å². The zero-order chi connectivity index (χ0) is 18.9. The molecular formula is C19H19N5O3S. The van der Waals surface area contributed by atoms with Gasteiger partial charge in [-0.3, -0.25) is 9.36 Å². The van der Waals surface area contributed by atoms with Crippen molar-refractivity contribution in [2.24, 2.45) is 0 Å². The number of aromatic nitrogens is 3. The number of anilines is 1. The molecule has 4 heterocycles. The molecule has 28 heavy (non-hydrogen) atoms. The third-order valence-corrected chi connectivity index (χ3v) is 5.84. The minimum atomic E-state index is -0.166. The molecule has 2 aromatic heterocycles. The number of ether oxygens (including phenoxy) is 2. The van der Waals surface area contributed by atoms with Gasteiger partial charge in [0.25, 0.3) is 5.91 Å². The van der Waals surface area contributed by atoms with Gasteiger partial charge in [0.1, 0.15) is 5.69 Å². The summed E-state index contributed by atoms with van der Waals surface area (Å²) < 4.78 is 12.5. The summed E-state index contributed by atoms with van der Waals surface area (Å²) in [5.74, 6) is 1.27. The van der Waals surface area contributed by atoms with E-state index in [0.717, 1.165) is 29.5 Å². The van der Waals surface area contributed by atoms with Crippen LogP contribution in [0.3, 0.4) is 0 Å². The number of benzene rings is 1. The van der Waals surface area contributed by atoms with E-state index in [9.17, 15) is 4.79 Å². The van der Waals surface area contributed by atoms with Gasteiger partial charge in [-0.2, -0.15) is 0 Å². The van der Waals surface area contributed by atoms with Gasteiger partial charge in [0.05, 0.1) is 0 Å². The van der Waals surface area contributed by atoms with Crippen molar-refractivity contribution in [3.8, 4) is 16.6 Å². The fourth-order valence-corrected chi connectivity index (χ4v) is 4.29. The molecule has 0 radical (unpaired) electrons. The number of amides is 1. The van der Waals surface area contributed by atoms with Crippen LogP contribution in [0.1, 0.15) is 28.9 Å². The molecule has 9 heteroatoms. The lowest BCUT2D eigenvalue weighted by Crippen LogP contribution is -2.25. The standard InChI is InChI=1S/C19H19N5O3S/c25-17(20-11-13-5-6-15-16(10-13)27-12-26-15)14-4-3-9-24(14)19-22-21-18(28-19)23-7-1-2-8-23/h3-6,9-10H,1-2,7-8,11-12H2,(H,20,25). The van der Waals surface area contributed by atoms with Crippen LogP contribution in [-0.4, -0.2) is 40.6 Å². The molecule has 5 rings (SSSR count). The summed E-state index contributed by atoms with van der Waals surface area (Å²) in [6.45, 7) is 2.67. The average Bonchev–Trinajstić information content (AvgIpc) is 3.50. The quantitative estimate of drug-likeness (QED) is 0.713. The highest BCUT2D eigenvalue weighted by Gasteiger charge is 2.20. The first kappa shape index (κ1) is 17.1. The lowest BCUT2D eigenvalue weighted by atomic mass is 10.2. The molecular weight excluding hydrogens is 378 g/mol. The second kappa shape index (κ2) is 7.16. The lowest BCUT2D eigenvalue weighted by Gasteiger charge is -2.11. The zero-order valence-corrected chi connectivity index (χ0v) is 15.9. The molecule has 3 aromatic rings. The molecule has 1 saturated heterocycles. The maximum absolute atomic E-state index is 12.7. The number of hydrogen-bond acceptors (Lipinski definition) is 7. The molecule has 0 aliphatic carbocycles. The normalized spacial score (nSPS) is 15.2. The first-order chi connectivity index (χ1) is 13.8. The predicted molar refractivity (Wildman–Crippen MR) is 104 cm³/mol. The largest absolute Gasteiger partial charge is 0.454 e. The molecule has 8 nitrogen and oxygen atoms in total. The van der Waals surface area contributed by atoms with Gasteiger partial charge in [-0.1, -0.05) is 17.4 Å². The van der Waals surface area contributed by atoms with Crippen molar-refractivity contribution < 1.29 is 14.3 Å². The van der Waals surface area contributed by atoms with Crippen LogP contribution in [-0.2, 0) is 6.54 Å². The van der Waals surface area contributed by atoms with Crippen LogP contribution < -0.4 is 19.7 Å². The van der Waals surface area contributed by atoms with Gasteiger partial charge in [0, 0.05) is 25.8 Å². The molecule has 1 N–H and O–H groups in total. The molecule has 0 saturated carbocycles. The molecule has 2 aliphatic rings. The van der Waals surface area contributed by atoms with Gasteiger partial charge in [-0.25, -0.2) is 0 Å². The van der Waals surface area contributed by atoms with E-state index >= 15 is 0 Å². The van der Waals surface area contributed by atoms with Crippen LogP contribution in [0.4, 0.5) is 5.13 Å². The summed E-state index contributed by atoms with van der Waals surface area (Å²) in [6.07, 6.45) is 4.21. The molecule has 1 amide bonds. The number of fused-ring (bicyclic) bond motifs is 1. The van der Waals surface area contributed by atoms with Crippen molar-refractivity contribution in [1.82, 2.24) is 20.1 Å². The second-order valence-electron chi connectivity index (χ2n) is 6.70. The number of hydrogen-bond donors (Lipinski definition) is 1. The van der Waals surface area contributed by atoms with Crippen LogP contribution in [0.15, 0.2) is 36.5 Å². The Labute approximate surface area is 165 Å². The molecule has 1 aromatic carbocycles. The van der Waals surface area contributed by atoms with E-state index in [2.05, 4.69) is 20.4 Å². The van der Waals surface area contributed by atoms with Gasteiger partial charge in [0.2, 0.25) is 17.1 Å². The van der Waals surface area contributed by atoms with Crippen LogP contribution in [0, 0.1) is 0 Å². The number of carbonyl (C=O) groups is 1. The van der Waals surface area contributed by atoms with Crippen LogP contribution in [0.5, 0.6) is 11.5 Å². The Morgan fingerprint density at radius 1 is 1.11 bits per heavy atom. The van der Waals surface area contributed by atoms with Crippen molar-refractivity contribution in [2.45, 2.75) is 19.4 Å². The highest BCUT2D eigenvalue weighted by atomic mass is 32.1. The van der Waals surface area contributed by atoms with E-state index in [1.165, 1.54) is 24.2 Å². The van der Waals surface area contributed by atoms with Crippen molar-refractivity contribution >= 4 is 22.4 Å². The first-order valence-corrected chi connectivity index (χ1v) is 10.0. The average molecular weight is 397 g/mol. The van der Waals surface area contributed by atoms with Gasteiger partial charge >= 0.3 is 0 Å². The monoisotopic (exact) mass is 397 g/mol. The number of nitrogens with one attached hydrogen (secondary N) is 1. The molecule has 0 bridgehead atoms. The molecule has 144 valence electrons. The highest BCUT2D eigenvalue weighted by molar-refractivity contribution is 7.17. The third kappa shape index (κ3) is 3.18. The van der Waals surface area contributed by atoms with Crippen molar-refractivity contribution in [3.63, 3.8) is 0 Å². The Bertz CT molecular complexity index is 1010. The van der Waals surface area contributed by atoms with E-state index in [1.807, 2.05) is 30.5 Å². The van der Waals surface area contributed by atoms with Gasteiger partial charge in [0.15, 0.2) is 11.5 Å². The number of nitrogens with zero attached hydrogens (tertiary/aromatic N) is 4. The van der Waals surface area contributed by atoms with Crippen molar-refractivity contribution in [3.05, 3.63) is 47.8 Å². The van der Waals surface area contributed by atoms with Gasteiger partial charge in [-0.05, 0) is 42.7 Å². The van der Waals surface area contributed by atoms with Crippen LogP contribution >= 0.6 is 11.3 Å². The van der Waals surface area contributed by atoms with Gasteiger partial charge in [-0.15, -0.1) is 10.2 Å². The minimum absolute atomic E-state index is 0.166. The fourth-order valence-electron chi connectivity index (χ4n) is 3.40. The van der Waals surface area contributed by atoms with Crippen molar-refractivity contribution in [1.29, 1.82) is 0 Å². The Morgan fingerprint density at radius 3 is 2.82 bits per heavy atom. The summed E-state index contributed by atoms with van der Waals surface area (Å²) in [5, 5.41) is 13.1. The van der Waals surface area contributed by atoms with E-state index in [-0.39, 0.29) is 12.7 Å². The second-order valence-corrected chi connectivity index (χ2v) is 7.63. The predicted octanol–water partition coefficient (Wildman–Crippen LogP) is 2.59. The van der Waals surface area contributed by atoms with E-state index < -0.39 is 0 Å². The topological polar surface area (TPSA) is 81.5 Å². The smallest absolute Gasteiger partial charge is 0.268 e. The van der Waals surface area contributed by atoms with Gasteiger partial charge < -0.3 is 19.7 Å². The minimum Gasteiger partial charge on any atom is -0.454 e. The SMILES string of the molecule is O=C(NCc1ccc2c(c1)OCO2)c1cccn1-c1nnc(N2CCCC2)s1. The van der Waals surface area contributed by atoms with E-state index in [0.29, 0.717) is 23.1 Å². The first-order valence-electron chi connectivity index (χ1n) is 9.21. The Morgan fingerprint density at radius 2 is 1.93 bits per heavy atom. The molecule has 0 atom stereocenters. The third-order valence-electron chi connectivity index (χ3n) is 4.86. The summed E-state index contributed by atoms with van der Waals surface area (Å²) in [6, 6.07) is 9.28. The van der Waals surface area contributed by atoms with E-state index in [1.54, 1.807) is 10.6 Å². The Hall–Kier alpha value is -3.07. The van der Waals surface area contributed by atoms with E-state index in [4.69, 9.17) is 9.47 Å². The number of rotatable bonds is 5. The maximum atomic E-state index is 12.7. The lowest BCUT2D eigenvalue weighted by molar-refractivity contribution is 0.0944. The summed E-state index contributed by atoms with van der Waals surface area (Å²) in [7, 11) is 0. The summed E-state index contributed by atoms with van der Waals surface area (Å²) in [5.41, 5.74) is 1.48. The Kier molecular flexibility index (Phi) is 4.36. The summed E-state index contributed by atoms with van der Waals surface area (Å²) >= 11 is 1.50. The zero-order valence-electron chi connectivity index (χ0n) is 15.1. The molecule has 2 aliphatic heterocycles. The molecule has 0 spiro atoms. The van der Waals surface area contributed by atoms with Crippen molar-refractivity contribution in [2.75, 3.05) is 24.8 Å².